The molecule has 0 saturated heterocycles. The summed E-state index contributed by atoms with van der Waals surface area (Å²) in [6.45, 7) is 5.99. The Balaban J connectivity index is 1.88. The van der Waals surface area contributed by atoms with E-state index in [1.54, 1.807) is 25.1 Å². The van der Waals surface area contributed by atoms with E-state index in [-0.39, 0.29) is 12.2 Å². The van der Waals surface area contributed by atoms with Gasteiger partial charge in [-0.2, -0.15) is 0 Å². The van der Waals surface area contributed by atoms with Crippen LogP contribution in [0.2, 0.25) is 0 Å². The van der Waals surface area contributed by atoms with E-state index in [9.17, 15) is 14.7 Å². The fourth-order valence-electron chi connectivity index (χ4n) is 3.65. The molecule has 0 heterocycles. The molecule has 0 aliphatic rings. The first-order valence-electron chi connectivity index (χ1n) is 10.5. The largest absolute Gasteiger partial charge is 0.489 e. The van der Waals surface area contributed by atoms with Crippen LogP contribution in [0.15, 0.2) is 72.8 Å². The first-order valence-corrected chi connectivity index (χ1v) is 10.5. The lowest BCUT2D eigenvalue weighted by Gasteiger charge is -2.21. The molecule has 4 nitrogen and oxygen atoms in total. The molecule has 0 radical (unpaired) electrons. The summed E-state index contributed by atoms with van der Waals surface area (Å²) in [5.41, 5.74) is 4.48. The fourth-order valence-corrected chi connectivity index (χ4v) is 3.65. The van der Waals surface area contributed by atoms with Gasteiger partial charge in [0.25, 0.3) is 0 Å². The molecule has 0 aromatic heterocycles. The molecule has 2 atom stereocenters. The quantitative estimate of drug-likeness (QED) is 0.437. The first kappa shape index (κ1) is 22.3. The number of ketones is 1. The van der Waals surface area contributed by atoms with Gasteiger partial charge in [-0.1, -0.05) is 73.2 Å². The lowest BCUT2D eigenvalue weighted by atomic mass is 9.81. The van der Waals surface area contributed by atoms with Gasteiger partial charge < -0.3 is 9.84 Å². The van der Waals surface area contributed by atoms with Crippen LogP contribution in [0.1, 0.15) is 51.9 Å². The van der Waals surface area contributed by atoms with Crippen LogP contribution < -0.4 is 4.74 Å². The lowest BCUT2D eigenvalue weighted by molar-refractivity contribution is -0.141. The summed E-state index contributed by atoms with van der Waals surface area (Å²) in [7, 11) is 0. The van der Waals surface area contributed by atoms with Crippen LogP contribution >= 0.6 is 0 Å². The Bertz CT molecular complexity index is 1060. The van der Waals surface area contributed by atoms with Crippen molar-refractivity contribution in [3.63, 3.8) is 0 Å². The van der Waals surface area contributed by atoms with Gasteiger partial charge in [0.05, 0.1) is 5.92 Å². The molecule has 0 fully saturated rings. The highest BCUT2D eigenvalue weighted by Crippen LogP contribution is 2.32. The molecule has 4 heteroatoms. The average Bonchev–Trinajstić information content (AvgIpc) is 2.78. The highest BCUT2D eigenvalue weighted by Gasteiger charge is 2.28. The van der Waals surface area contributed by atoms with Gasteiger partial charge in [0.15, 0.2) is 5.78 Å². The van der Waals surface area contributed by atoms with Crippen LogP contribution in [0, 0.1) is 19.8 Å². The normalized spacial score (nSPS) is 12.7. The van der Waals surface area contributed by atoms with Crippen LogP contribution in [0.5, 0.6) is 5.75 Å². The first-order chi connectivity index (χ1) is 14.8. The predicted octanol–water partition coefficient (Wildman–Crippen LogP) is 5.96. The Labute approximate surface area is 183 Å². The molecule has 31 heavy (non-hydrogen) atoms. The molecule has 0 amide bonds. The monoisotopic (exact) mass is 416 g/mol. The van der Waals surface area contributed by atoms with Crippen LogP contribution in [-0.2, 0) is 11.4 Å². The van der Waals surface area contributed by atoms with E-state index in [0.717, 1.165) is 22.3 Å². The summed E-state index contributed by atoms with van der Waals surface area (Å²) in [6, 6.07) is 22.9. The number of carbonyl (C=O) groups excluding carboxylic acids is 1. The Morgan fingerprint density at radius 1 is 0.935 bits per heavy atom. The van der Waals surface area contributed by atoms with E-state index in [1.807, 2.05) is 68.4 Å². The van der Waals surface area contributed by atoms with Crippen molar-refractivity contribution < 1.29 is 19.4 Å². The maximum Gasteiger partial charge on any atom is 0.306 e. The second kappa shape index (κ2) is 10.1. The van der Waals surface area contributed by atoms with Crippen LogP contribution in [0.25, 0.3) is 0 Å². The number of aliphatic carboxylic acids is 1. The molecule has 0 aliphatic carbocycles. The smallest absolute Gasteiger partial charge is 0.306 e. The molecular formula is C27H28O4. The van der Waals surface area contributed by atoms with E-state index in [0.29, 0.717) is 17.9 Å². The summed E-state index contributed by atoms with van der Waals surface area (Å²) in [5.74, 6) is -1.54. The summed E-state index contributed by atoms with van der Waals surface area (Å²) in [4.78, 5) is 25.1. The van der Waals surface area contributed by atoms with Gasteiger partial charge in [0.1, 0.15) is 12.4 Å². The molecule has 0 bridgehead atoms. The van der Waals surface area contributed by atoms with Gasteiger partial charge in [-0.3, -0.25) is 9.59 Å². The minimum Gasteiger partial charge on any atom is -0.489 e. The van der Waals surface area contributed by atoms with Crippen molar-refractivity contribution in [2.75, 3.05) is 0 Å². The third kappa shape index (κ3) is 5.82. The number of Topliss-reactive ketones (excluding diaryl/α,β-unsaturated/α-hetero) is 1. The Morgan fingerprint density at radius 2 is 1.68 bits per heavy atom. The van der Waals surface area contributed by atoms with E-state index >= 15 is 0 Å². The summed E-state index contributed by atoms with van der Waals surface area (Å²) in [5, 5.41) is 9.45. The third-order valence-corrected chi connectivity index (χ3v) is 5.50. The number of ether oxygens (including phenoxy) is 1. The Morgan fingerprint density at radius 3 is 2.39 bits per heavy atom. The van der Waals surface area contributed by atoms with E-state index in [2.05, 4.69) is 0 Å². The van der Waals surface area contributed by atoms with Crippen molar-refractivity contribution in [1.82, 2.24) is 0 Å². The number of rotatable bonds is 9. The highest BCUT2D eigenvalue weighted by molar-refractivity contribution is 6.01. The van der Waals surface area contributed by atoms with Gasteiger partial charge in [-0.05, 0) is 49.1 Å². The summed E-state index contributed by atoms with van der Waals surface area (Å²) in [6.07, 6.45) is 0.244. The highest BCUT2D eigenvalue weighted by atomic mass is 16.5. The molecule has 0 spiro atoms. The van der Waals surface area contributed by atoms with E-state index in [4.69, 9.17) is 4.74 Å². The number of hydrogen-bond acceptors (Lipinski definition) is 3. The number of carboxylic acids is 1. The molecule has 3 rings (SSSR count). The average molecular weight is 417 g/mol. The van der Waals surface area contributed by atoms with E-state index < -0.39 is 17.8 Å². The van der Waals surface area contributed by atoms with Crippen LogP contribution in [0.4, 0.5) is 0 Å². The zero-order chi connectivity index (χ0) is 22.4. The maximum absolute atomic E-state index is 13.5. The number of carboxylic acid groups (broad SMARTS) is 1. The van der Waals surface area contributed by atoms with Crippen LogP contribution in [-0.4, -0.2) is 16.9 Å². The van der Waals surface area contributed by atoms with Gasteiger partial charge in [0, 0.05) is 11.5 Å². The van der Waals surface area contributed by atoms with Crippen molar-refractivity contribution in [2.24, 2.45) is 5.92 Å². The van der Waals surface area contributed by atoms with Crippen LogP contribution in [0.3, 0.4) is 0 Å². The molecule has 3 aromatic carbocycles. The second-order valence-corrected chi connectivity index (χ2v) is 8.05. The van der Waals surface area contributed by atoms with Gasteiger partial charge in [0.2, 0.25) is 0 Å². The minimum atomic E-state index is -0.900. The lowest BCUT2D eigenvalue weighted by Crippen LogP contribution is -2.21. The Hall–Kier alpha value is -3.40. The number of aryl methyl sites for hydroxylation is 2. The molecule has 160 valence electrons. The predicted molar refractivity (Wildman–Crippen MR) is 122 cm³/mol. The molecule has 1 N–H and O–H groups in total. The van der Waals surface area contributed by atoms with Crippen molar-refractivity contribution in [3.05, 3.63) is 101 Å². The molecule has 0 aliphatic heterocycles. The maximum atomic E-state index is 13.5. The molecule has 0 saturated carbocycles. The zero-order valence-electron chi connectivity index (χ0n) is 18.2. The van der Waals surface area contributed by atoms with Gasteiger partial charge in [-0.25, -0.2) is 0 Å². The standard InChI is InChI=1S/C27H28O4/c1-18-12-13-19(2)24(14-18)25(15-20(3)27(29)30)26(28)22-10-7-11-23(16-22)31-17-21-8-5-4-6-9-21/h4-14,16,20,25H,15,17H2,1-3H3,(H,29,30). The topological polar surface area (TPSA) is 63.6 Å². The van der Waals surface area contributed by atoms with Crippen molar-refractivity contribution in [1.29, 1.82) is 0 Å². The SMILES string of the molecule is Cc1ccc(C)c(C(CC(C)C(=O)O)C(=O)c2cccc(OCc3ccccc3)c2)c1. The molecule has 3 aromatic rings. The zero-order valence-corrected chi connectivity index (χ0v) is 18.2. The summed E-state index contributed by atoms with van der Waals surface area (Å²) >= 11 is 0. The molecule has 2 unspecified atom stereocenters. The van der Waals surface area contributed by atoms with Gasteiger partial charge in [-0.15, -0.1) is 0 Å². The van der Waals surface area contributed by atoms with E-state index in [1.165, 1.54) is 0 Å². The Kier molecular flexibility index (Phi) is 7.24. The minimum absolute atomic E-state index is 0.0908. The molecular weight excluding hydrogens is 388 g/mol. The van der Waals surface area contributed by atoms with Crippen molar-refractivity contribution in [3.8, 4) is 5.75 Å². The van der Waals surface area contributed by atoms with Crippen molar-refractivity contribution >= 4 is 11.8 Å². The van der Waals surface area contributed by atoms with Gasteiger partial charge >= 0.3 is 5.97 Å². The third-order valence-electron chi connectivity index (χ3n) is 5.50. The number of benzene rings is 3. The van der Waals surface area contributed by atoms with Crippen molar-refractivity contribution in [2.45, 2.75) is 39.7 Å². The second-order valence-electron chi connectivity index (χ2n) is 8.05. The number of hydrogen-bond donors (Lipinski definition) is 1. The fraction of sp³-hybridized carbons (Fsp3) is 0.259. The number of carbonyl (C=O) groups is 2. The summed E-state index contributed by atoms with van der Waals surface area (Å²) < 4.78 is 5.88.